The second-order valence-corrected chi connectivity index (χ2v) is 7.64. The zero-order chi connectivity index (χ0) is 22.6. The molecule has 1 saturated heterocycles. The van der Waals surface area contributed by atoms with Crippen molar-refractivity contribution in [1.82, 2.24) is 16.0 Å². The van der Waals surface area contributed by atoms with E-state index in [1.54, 1.807) is 6.08 Å². The highest BCUT2D eigenvalue weighted by atomic mass is 16.5. The summed E-state index contributed by atoms with van der Waals surface area (Å²) in [6, 6.07) is 7.98. The molecular weight excluding hydrogens is 398 g/mol. The minimum absolute atomic E-state index is 0.0526. The van der Waals surface area contributed by atoms with Crippen LogP contribution in [0.2, 0.25) is 0 Å². The Kier molecular flexibility index (Phi) is 9.74. The molecule has 2 rings (SSSR count). The molecule has 8 heteroatoms. The van der Waals surface area contributed by atoms with Crippen molar-refractivity contribution in [3.8, 4) is 0 Å². The van der Waals surface area contributed by atoms with E-state index in [1.807, 2.05) is 37.3 Å². The van der Waals surface area contributed by atoms with Crippen LogP contribution in [0.5, 0.6) is 0 Å². The van der Waals surface area contributed by atoms with Gasteiger partial charge in [-0.1, -0.05) is 49.8 Å². The lowest BCUT2D eigenvalue weighted by molar-refractivity contribution is -0.125. The summed E-state index contributed by atoms with van der Waals surface area (Å²) in [6.07, 6.45) is 4.48. The monoisotopic (exact) mass is 429 g/mol. The highest BCUT2D eigenvalue weighted by Crippen LogP contribution is 2.17. The van der Waals surface area contributed by atoms with Crippen LogP contribution in [-0.2, 0) is 25.7 Å². The Morgan fingerprint density at radius 1 is 1.23 bits per heavy atom. The average molecular weight is 430 g/mol. The van der Waals surface area contributed by atoms with E-state index in [9.17, 15) is 19.2 Å². The van der Waals surface area contributed by atoms with Gasteiger partial charge in [-0.05, 0) is 37.8 Å². The van der Waals surface area contributed by atoms with Crippen molar-refractivity contribution in [2.75, 3.05) is 6.54 Å². The summed E-state index contributed by atoms with van der Waals surface area (Å²) in [5.41, 5.74) is 0.846. The third kappa shape index (κ3) is 8.62. The van der Waals surface area contributed by atoms with Crippen molar-refractivity contribution in [2.24, 2.45) is 5.92 Å². The molecular formula is C23H31N3O5. The second kappa shape index (κ2) is 12.5. The van der Waals surface area contributed by atoms with Gasteiger partial charge in [0.05, 0.1) is 0 Å². The summed E-state index contributed by atoms with van der Waals surface area (Å²) in [7, 11) is 0. The molecule has 0 radical (unpaired) electrons. The fraction of sp³-hybridized carbons (Fsp3) is 0.478. The van der Waals surface area contributed by atoms with E-state index in [0.717, 1.165) is 5.56 Å². The molecule has 3 N–H and O–H groups in total. The fourth-order valence-electron chi connectivity index (χ4n) is 3.36. The Bertz CT molecular complexity index is 794. The first kappa shape index (κ1) is 24.1. The van der Waals surface area contributed by atoms with Crippen molar-refractivity contribution in [3.63, 3.8) is 0 Å². The molecule has 0 unspecified atom stereocenters. The van der Waals surface area contributed by atoms with Crippen LogP contribution in [0.4, 0.5) is 4.79 Å². The number of benzene rings is 1. The first-order chi connectivity index (χ1) is 14.9. The molecule has 1 aliphatic heterocycles. The average Bonchev–Trinajstić information content (AvgIpc) is 3.15. The zero-order valence-corrected chi connectivity index (χ0v) is 18.1. The number of amides is 3. The predicted molar refractivity (Wildman–Crippen MR) is 116 cm³/mol. The number of hydrogen-bond acceptors (Lipinski definition) is 5. The van der Waals surface area contributed by atoms with Crippen LogP contribution in [0.25, 0.3) is 0 Å². The van der Waals surface area contributed by atoms with Crippen LogP contribution in [0.15, 0.2) is 42.5 Å². The van der Waals surface area contributed by atoms with Gasteiger partial charge >= 0.3 is 6.09 Å². The highest BCUT2D eigenvalue weighted by molar-refractivity contribution is 5.88. The molecule has 1 aromatic rings. The predicted octanol–water partition coefficient (Wildman–Crippen LogP) is 2.24. The number of carbonyl (C=O) groups is 4. The largest absolute Gasteiger partial charge is 0.445 e. The maximum Gasteiger partial charge on any atom is 0.408 e. The summed E-state index contributed by atoms with van der Waals surface area (Å²) in [5.74, 6) is -0.809. The van der Waals surface area contributed by atoms with Gasteiger partial charge in [0.2, 0.25) is 11.8 Å². The Labute approximate surface area is 182 Å². The third-order valence-corrected chi connectivity index (χ3v) is 4.99. The summed E-state index contributed by atoms with van der Waals surface area (Å²) in [6.45, 7) is 4.04. The van der Waals surface area contributed by atoms with Crippen molar-refractivity contribution in [2.45, 2.75) is 58.2 Å². The molecule has 1 aliphatic rings. The molecule has 0 bridgehead atoms. The van der Waals surface area contributed by atoms with E-state index >= 15 is 0 Å². The number of carbonyl (C=O) groups excluding carboxylic acids is 4. The van der Waals surface area contributed by atoms with Gasteiger partial charge in [0, 0.05) is 18.5 Å². The van der Waals surface area contributed by atoms with E-state index in [-0.39, 0.29) is 30.1 Å². The first-order valence-electron chi connectivity index (χ1n) is 10.6. The van der Waals surface area contributed by atoms with Crippen LogP contribution >= 0.6 is 0 Å². The molecule has 0 spiro atoms. The van der Waals surface area contributed by atoms with Gasteiger partial charge in [0.15, 0.2) is 5.78 Å². The molecule has 8 nitrogen and oxygen atoms in total. The lowest BCUT2D eigenvalue weighted by Gasteiger charge is -2.22. The lowest BCUT2D eigenvalue weighted by atomic mass is 9.97. The molecule has 1 aromatic carbocycles. The SMILES string of the molecule is CCC[C@H](NC(=O)OCc1ccccc1)C(=O)N[C@H](/C=C/C(C)=O)C[C@@H]1CCNC1=O. The van der Waals surface area contributed by atoms with Gasteiger partial charge in [-0.2, -0.15) is 0 Å². The quantitative estimate of drug-likeness (QED) is 0.467. The molecule has 168 valence electrons. The van der Waals surface area contributed by atoms with Crippen molar-refractivity contribution < 1.29 is 23.9 Å². The lowest BCUT2D eigenvalue weighted by Crippen LogP contribution is -2.49. The van der Waals surface area contributed by atoms with E-state index in [4.69, 9.17) is 4.74 Å². The summed E-state index contributed by atoms with van der Waals surface area (Å²) in [5, 5.41) is 8.25. The zero-order valence-electron chi connectivity index (χ0n) is 18.1. The molecule has 1 fully saturated rings. The maximum absolute atomic E-state index is 12.9. The van der Waals surface area contributed by atoms with Gasteiger partial charge in [-0.3, -0.25) is 14.4 Å². The Balaban J connectivity index is 1.96. The normalized spacial score (nSPS) is 17.6. The third-order valence-electron chi connectivity index (χ3n) is 4.99. The van der Waals surface area contributed by atoms with Crippen LogP contribution in [-0.4, -0.2) is 42.3 Å². The topological polar surface area (TPSA) is 114 Å². The van der Waals surface area contributed by atoms with E-state index < -0.39 is 18.2 Å². The minimum atomic E-state index is -0.779. The van der Waals surface area contributed by atoms with Gasteiger partial charge in [-0.25, -0.2) is 4.79 Å². The van der Waals surface area contributed by atoms with Gasteiger partial charge < -0.3 is 20.7 Å². The number of hydrogen-bond donors (Lipinski definition) is 3. The fourth-order valence-corrected chi connectivity index (χ4v) is 3.36. The van der Waals surface area contributed by atoms with E-state index in [1.165, 1.54) is 13.0 Å². The Morgan fingerprint density at radius 2 is 1.97 bits per heavy atom. The molecule has 0 saturated carbocycles. The molecule has 31 heavy (non-hydrogen) atoms. The molecule has 0 aliphatic carbocycles. The Hall–Kier alpha value is -3.16. The molecule has 0 aromatic heterocycles. The van der Waals surface area contributed by atoms with Crippen LogP contribution in [0.1, 0.15) is 45.1 Å². The minimum Gasteiger partial charge on any atom is -0.445 e. The van der Waals surface area contributed by atoms with Gasteiger partial charge in [-0.15, -0.1) is 0 Å². The first-order valence-corrected chi connectivity index (χ1v) is 10.6. The van der Waals surface area contributed by atoms with Crippen molar-refractivity contribution in [3.05, 3.63) is 48.0 Å². The highest BCUT2D eigenvalue weighted by Gasteiger charge is 2.29. The number of allylic oxidation sites excluding steroid dienone is 1. The number of nitrogens with one attached hydrogen (secondary N) is 3. The maximum atomic E-state index is 12.9. The van der Waals surface area contributed by atoms with Gasteiger partial charge in [0.1, 0.15) is 12.6 Å². The summed E-state index contributed by atoms with van der Waals surface area (Å²) in [4.78, 5) is 48.3. The smallest absolute Gasteiger partial charge is 0.408 e. The number of ketones is 1. The number of rotatable bonds is 11. The standard InChI is InChI=1S/C23H31N3O5/c1-3-7-20(26-23(30)31-15-17-8-5-4-6-9-17)22(29)25-19(11-10-16(2)27)14-18-12-13-24-21(18)28/h4-6,8-11,18-20H,3,7,12-15H2,1-2H3,(H,24,28)(H,25,29)(H,26,30)/b11-10+/t18-,19+,20-/m0/s1. The van der Waals surface area contributed by atoms with Crippen molar-refractivity contribution >= 4 is 23.7 Å². The van der Waals surface area contributed by atoms with Crippen LogP contribution < -0.4 is 16.0 Å². The van der Waals surface area contributed by atoms with Gasteiger partial charge in [0.25, 0.3) is 0 Å². The molecule has 3 amide bonds. The second-order valence-electron chi connectivity index (χ2n) is 7.64. The summed E-state index contributed by atoms with van der Waals surface area (Å²) < 4.78 is 5.22. The van der Waals surface area contributed by atoms with Crippen LogP contribution in [0, 0.1) is 5.92 Å². The van der Waals surface area contributed by atoms with E-state index in [0.29, 0.717) is 32.2 Å². The number of alkyl carbamates (subject to hydrolysis) is 1. The van der Waals surface area contributed by atoms with Crippen molar-refractivity contribution in [1.29, 1.82) is 0 Å². The van der Waals surface area contributed by atoms with E-state index in [2.05, 4.69) is 16.0 Å². The molecule has 3 atom stereocenters. The molecule has 1 heterocycles. The summed E-state index contributed by atoms with van der Waals surface area (Å²) >= 11 is 0. The van der Waals surface area contributed by atoms with Crippen LogP contribution in [0.3, 0.4) is 0 Å². The number of ether oxygens (including phenoxy) is 1. The Morgan fingerprint density at radius 3 is 2.58 bits per heavy atom.